The summed E-state index contributed by atoms with van der Waals surface area (Å²) < 4.78 is 0. The Morgan fingerprint density at radius 2 is 2.00 bits per heavy atom. The molecule has 0 aliphatic carbocycles. The zero-order chi connectivity index (χ0) is 18.1. The van der Waals surface area contributed by atoms with Gasteiger partial charge in [-0.15, -0.1) is 0 Å². The number of carbonyl (C=O) groups excluding carboxylic acids is 1. The fourth-order valence-corrected chi connectivity index (χ4v) is 2.77. The molecule has 25 heavy (non-hydrogen) atoms. The molecule has 3 rings (SSSR count). The van der Waals surface area contributed by atoms with E-state index in [9.17, 15) is 4.79 Å². The average molecular weight is 338 g/mol. The van der Waals surface area contributed by atoms with Gasteiger partial charge in [0.05, 0.1) is 28.3 Å². The Balaban J connectivity index is 1.91. The molecule has 0 aliphatic heterocycles. The lowest BCUT2D eigenvalue weighted by Crippen LogP contribution is -2.33. The van der Waals surface area contributed by atoms with Crippen LogP contribution < -0.4 is 11.1 Å². The SMILES string of the molecule is Cc1ccc2nc([C@H](NC(=O)c3cnc(N)nc3C)C(C)C)[nH]c2c1. The second-order valence-corrected chi connectivity index (χ2v) is 6.57. The van der Waals surface area contributed by atoms with Crippen molar-refractivity contribution in [2.75, 3.05) is 5.73 Å². The standard InChI is InChI=1S/C18H22N6O/c1-9(2)15(16-22-13-6-5-10(3)7-14(13)23-16)24-17(25)12-8-20-18(19)21-11(12)4/h5-9,15H,1-4H3,(H,22,23)(H,24,25)(H2,19,20,21)/t15-/m1/s1. The van der Waals surface area contributed by atoms with Crippen molar-refractivity contribution in [3.63, 3.8) is 0 Å². The van der Waals surface area contributed by atoms with E-state index in [1.807, 2.05) is 39.0 Å². The van der Waals surface area contributed by atoms with E-state index in [-0.39, 0.29) is 23.8 Å². The van der Waals surface area contributed by atoms with Crippen LogP contribution in [0.5, 0.6) is 0 Å². The first-order valence-corrected chi connectivity index (χ1v) is 8.21. The summed E-state index contributed by atoms with van der Waals surface area (Å²) >= 11 is 0. The monoisotopic (exact) mass is 338 g/mol. The number of aryl methyl sites for hydroxylation is 2. The predicted molar refractivity (Wildman–Crippen MR) is 97.1 cm³/mol. The van der Waals surface area contributed by atoms with Gasteiger partial charge in [-0.05, 0) is 37.5 Å². The topological polar surface area (TPSA) is 110 Å². The number of benzene rings is 1. The van der Waals surface area contributed by atoms with Crippen LogP contribution in [-0.4, -0.2) is 25.8 Å². The molecule has 130 valence electrons. The molecule has 4 N–H and O–H groups in total. The highest BCUT2D eigenvalue weighted by molar-refractivity contribution is 5.95. The Hall–Kier alpha value is -2.96. The molecule has 2 heterocycles. The highest BCUT2D eigenvalue weighted by Gasteiger charge is 2.23. The van der Waals surface area contributed by atoms with Crippen LogP contribution in [0.15, 0.2) is 24.4 Å². The van der Waals surface area contributed by atoms with E-state index in [2.05, 4.69) is 25.3 Å². The number of anilines is 1. The van der Waals surface area contributed by atoms with Crippen LogP contribution in [0, 0.1) is 19.8 Å². The Labute approximate surface area is 146 Å². The normalized spacial score (nSPS) is 12.5. The van der Waals surface area contributed by atoms with E-state index in [0.29, 0.717) is 11.3 Å². The molecule has 1 amide bonds. The van der Waals surface area contributed by atoms with Crippen LogP contribution in [0.25, 0.3) is 11.0 Å². The van der Waals surface area contributed by atoms with Crippen molar-refractivity contribution < 1.29 is 4.79 Å². The summed E-state index contributed by atoms with van der Waals surface area (Å²) in [4.78, 5) is 28.6. The number of aromatic nitrogens is 4. The van der Waals surface area contributed by atoms with Crippen molar-refractivity contribution in [3.05, 3.63) is 47.0 Å². The molecule has 0 bridgehead atoms. The Morgan fingerprint density at radius 3 is 2.68 bits per heavy atom. The molecule has 0 saturated heterocycles. The second-order valence-electron chi connectivity index (χ2n) is 6.57. The summed E-state index contributed by atoms with van der Waals surface area (Å²) in [5.74, 6) is 0.800. The van der Waals surface area contributed by atoms with Crippen LogP contribution in [0.2, 0.25) is 0 Å². The number of fused-ring (bicyclic) bond motifs is 1. The van der Waals surface area contributed by atoms with Gasteiger partial charge in [0.1, 0.15) is 5.82 Å². The number of H-pyrrole nitrogens is 1. The van der Waals surface area contributed by atoms with Crippen molar-refractivity contribution in [3.8, 4) is 0 Å². The van der Waals surface area contributed by atoms with Crippen LogP contribution >= 0.6 is 0 Å². The molecule has 7 nitrogen and oxygen atoms in total. The zero-order valence-electron chi connectivity index (χ0n) is 14.8. The Bertz CT molecular complexity index is 930. The fourth-order valence-electron chi connectivity index (χ4n) is 2.77. The highest BCUT2D eigenvalue weighted by Crippen LogP contribution is 2.23. The van der Waals surface area contributed by atoms with E-state index in [1.165, 1.54) is 6.20 Å². The molecule has 2 aromatic heterocycles. The summed E-state index contributed by atoms with van der Waals surface area (Å²) in [6.07, 6.45) is 1.45. The van der Waals surface area contributed by atoms with Gasteiger partial charge in [-0.3, -0.25) is 4.79 Å². The van der Waals surface area contributed by atoms with Gasteiger partial charge < -0.3 is 16.0 Å². The second kappa shape index (κ2) is 6.51. The molecule has 0 unspecified atom stereocenters. The minimum absolute atomic E-state index is 0.153. The molecule has 0 spiro atoms. The molecule has 0 radical (unpaired) electrons. The van der Waals surface area contributed by atoms with Crippen molar-refractivity contribution in [1.82, 2.24) is 25.3 Å². The largest absolute Gasteiger partial charge is 0.368 e. The first kappa shape index (κ1) is 16.9. The predicted octanol–water partition coefficient (Wildman–Crippen LogP) is 2.68. The van der Waals surface area contributed by atoms with Gasteiger partial charge in [0.25, 0.3) is 5.91 Å². The van der Waals surface area contributed by atoms with Gasteiger partial charge in [0.15, 0.2) is 0 Å². The van der Waals surface area contributed by atoms with Gasteiger partial charge in [-0.1, -0.05) is 19.9 Å². The number of hydrogen-bond acceptors (Lipinski definition) is 5. The average Bonchev–Trinajstić information content (AvgIpc) is 2.94. The van der Waals surface area contributed by atoms with Crippen molar-refractivity contribution in [2.45, 2.75) is 33.7 Å². The molecular weight excluding hydrogens is 316 g/mol. The molecule has 0 fully saturated rings. The molecular formula is C18H22N6O. The number of imidazole rings is 1. The van der Waals surface area contributed by atoms with E-state index < -0.39 is 0 Å². The molecule has 0 saturated carbocycles. The summed E-state index contributed by atoms with van der Waals surface area (Å²) in [6.45, 7) is 7.85. The van der Waals surface area contributed by atoms with Crippen LogP contribution in [0.3, 0.4) is 0 Å². The van der Waals surface area contributed by atoms with Crippen LogP contribution in [-0.2, 0) is 0 Å². The number of nitrogens with one attached hydrogen (secondary N) is 2. The molecule has 0 aliphatic rings. The van der Waals surface area contributed by atoms with Crippen LogP contribution in [0.4, 0.5) is 5.95 Å². The fraction of sp³-hybridized carbons (Fsp3) is 0.333. The summed E-state index contributed by atoms with van der Waals surface area (Å²) in [6, 6.07) is 5.78. The quantitative estimate of drug-likeness (QED) is 0.677. The van der Waals surface area contributed by atoms with E-state index >= 15 is 0 Å². The number of nitrogens with zero attached hydrogens (tertiary/aromatic N) is 3. The number of carbonyl (C=O) groups is 1. The molecule has 3 aromatic rings. The third-order valence-corrected chi connectivity index (χ3v) is 4.15. The minimum Gasteiger partial charge on any atom is -0.368 e. The summed E-state index contributed by atoms with van der Waals surface area (Å²) in [5.41, 5.74) is 9.51. The van der Waals surface area contributed by atoms with E-state index in [0.717, 1.165) is 22.4 Å². The van der Waals surface area contributed by atoms with Gasteiger partial charge in [0.2, 0.25) is 5.95 Å². The van der Waals surface area contributed by atoms with Crippen molar-refractivity contribution >= 4 is 22.9 Å². The third kappa shape index (κ3) is 3.45. The number of aromatic amines is 1. The van der Waals surface area contributed by atoms with Crippen molar-refractivity contribution in [1.29, 1.82) is 0 Å². The zero-order valence-corrected chi connectivity index (χ0v) is 14.8. The van der Waals surface area contributed by atoms with Gasteiger partial charge >= 0.3 is 0 Å². The molecule has 7 heteroatoms. The molecule has 1 aromatic carbocycles. The maximum atomic E-state index is 12.7. The van der Waals surface area contributed by atoms with Crippen LogP contribution in [0.1, 0.15) is 47.3 Å². The lowest BCUT2D eigenvalue weighted by atomic mass is 10.0. The van der Waals surface area contributed by atoms with E-state index in [4.69, 9.17) is 5.73 Å². The lowest BCUT2D eigenvalue weighted by molar-refractivity contribution is 0.0922. The lowest BCUT2D eigenvalue weighted by Gasteiger charge is -2.20. The van der Waals surface area contributed by atoms with Gasteiger partial charge in [-0.2, -0.15) is 0 Å². The summed E-state index contributed by atoms with van der Waals surface area (Å²) in [7, 11) is 0. The Kier molecular flexibility index (Phi) is 4.39. The van der Waals surface area contributed by atoms with Gasteiger partial charge in [0, 0.05) is 6.20 Å². The minimum atomic E-state index is -0.253. The maximum absolute atomic E-state index is 12.7. The number of nitrogen functional groups attached to an aromatic ring is 1. The summed E-state index contributed by atoms with van der Waals surface area (Å²) in [5, 5.41) is 3.03. The number of nitrogens with two attached hydrogens (primary N) is 1. The first-order chi connectivity index (χ1) is 11.8. The molecule has 1 atom stereocenters. The number of rotatable bonds is 4. The van der Waals surface area contributed by atoms with Gasteiger partial charge in [-0.25, -0.2) is 15.0 Å². The Morgan fingerprint density at radius 1 is 1.24 bits per heavy atom. The number of hydrogen-bond donors (Lipinski definition) is 3. The third-order valence-electron chi connectivity index (χ3n) is 4.15. The first-order valence-electron chi connectivity index (χ1n) is 8.21. The highest BCUT2D eigenvalue weighted by atomic mass is 16.1. The van der Waals surface area contributed by atoms with Crippen molar-refractivity contribution in [2.24, 2.45) is 5.92 Å². The maximum Gasteiger partial charge on any atom is 0.255 e. The smallest absolute Gasteiger partial charge is 0.255 e. The van der Waals surface area contributed by atoms with E-state index in [1.54, 1.807) is 6.92 Å². The number of amides is 1.